The molecule has 0 aliphatic heterocycles. The Bertz CT molecular complexity index is 153. The van der Waals surface area contributed by atoms with Gasteiger partial charge >= 0.3 is 0 Å². The van der Waals surface area contributed by atoms with Crippen molar-refractivity contribution in [2.45, 2.75) is 58.4 Å². The van der Waals surface area contributed by atoms with Crippen LogP contribution in [0, 0.1) is 0 Å². The quantitative estimate of drug-likeness (QED) is 0.536. The zero-order valence-electron chi connectivity index (χ0n) is 11.2. The first kappa shape index (κ1) is 15.9. The molecule has 0 aromatic rings. The fourth-order valence-electron chi connectivity index (χ4n) is 1.68. The maximum absolute atomic E-state index is 9.25. The summed E-state index contributed by atoms with van der Waals surface area (Å²) in [7, 11) is 0. The van der Waals surface area contributed by atoms with Crippen LogP contribution in [0.15, 0.2) is 0 Å². The van der Waals surface area contributed by atoms with Gasteiger partial charge in [-0.05, 0) is 19.9 Å². The molecule has 0 amide bonds. The summed E-state index contributed by atoms with van der Waals surface area (Å²) in [6.45, 7) is 8.63. The maximum Gasteiger partial charge on any atom is 0.0668 e. The Labute approximate surface area is 101 Å². The molecule has 0 fully saturated rings. The normalized spacial score (nSPS) is 15.0. The van der Waals surface area contributed by atoms with Crippen LogP contribution in [0.5, 0.6) is 0 Å². The maximum atomic E-state index is 9.25. The molecule has 98 valence electrons. The first-order valence-corrected chi connectivity index (χ1v) is 6.62. The summed E-state index contributed by atoms with van der Waals surface area (Å²) >= 11 is 0. The van der Waals surface area contributed by atoms with Crippen molar-refractivity contribution in [2.24, 2.45) is 0 Å². The van der Waals surface area contributed by atoms with E-state index >= 15 is 0 Å². The van der Waals surface area contributed by atoms with Gasteiger partial charge in [-0.15, -0.1) is 0 Å². The molecule has 0 rings (SSSR count). The predicted molar refractivity (Wildman–Crippen MR) is 68.7 cm³/mol. The van der Waals surface area contributed by atoms with E-state index in [4.69, 9.17) is 4.74 Å². The first-order valence-electron chi connectivity index (χ1n) is 6.62. The van der Waals surface area contributed by atoms with E-state index in [0.29, 0.717) is 6.61 Å². The minimum atomic E-state index is -0.280. The summed E-state index contributed by atoms with van der Waals surface area (Å²) in [6.07, 6.45) is 6.30. The van der Waals surface area contributed by atoms with E-state index < -0.39 is 0 Å². The van der Waals surface area contributed by atoms with Gasteiger partial charge in [0.1, 0.15) is 0 Å². The van der Waals surface area contributed by atoms with E-state index in [1.807, 2.05) is 13.8 Å². The highest BCUT2D eigenvalue weighted by atomic mass is 16.5. The van der Waals surface area contributed by atoms with Gasteiger partial charge in [-0.1, -0.05) is 39.5 Å². The number of ether oxygens (including phenoxy) is 1. The van der Waals surface area contributed by atoms with Crippen molar-refractivity contribution in [3.63, 3.8) is 0 Å². The third kappa shape index (κ3) is 8.08. The largest absolute Gasteiger partial charge is 0.394 e. The van der Waals surface area contributed by atoms with Crippen molar-refractivity contribution in [1.29, 1.82) is 0 Å². The van der Waals surface area contributed by atoms with Gasteiger partial charge in [0.2, 0.25) is 0 Å². The molecule has 16 heavy (non-hydrogen) atoms. The SMILES string of the molecule is CCCCCCCOCC(C)(CO)NCC. The second kappa shape index (κ2) is 10.1. The van der Waals surface area contributed by atoms with Crippen LogP contribution in [0.4, 0.5) is 0 Å². The van der Waals surface area contributed by atoms with E-state index in [2.05, 4.69) is 12.2 Å². The molecule has 0 radical (unpaired) electrons. The highest BCUT2D eigenvalue weighted by molar-refractivity contribution is 4.81. The van der Waals surface area contributed by atoms with Gasteiger partial charge in [0.15, 0.2) is 0 Å². The predicted octanol–water partition coefficient (Wildman–Crippen LogP) is 2.33. The van der Waals surface area contributed by atoms with Crippen LogP contribution >= 0.6 is 0 Å². The van der Waals surface area contributed by atoms with Crippen molar-refractivity contribution in [3.8, 4) is 0 Å². The Morgan fingerprint density at radius 1 is 1.12 bits per heavy atom. The van der Waals surface area contributed by atoms with Crippen molar-refractivity contribution in [1.82, 2.24) is 5.32 Å². The molecule has 0 heterocycles. The molecule has 3 heteroatoms. The van der Waals surface area contributed by atoms with E-state index in [1.165, 1.54) is 25.7 Å². The third-order valence-electron chi connectivity index (χ3n) is 2.77. The molecule has 0 aliphatic carbocycles. The molecule has 1 atom stereocenters. The molecule has 0 bridgehead atoms. The van der Waals surface area contributed by atoms with E-state index in [9.17, 15) is 5.11 Å². The summed E-state index contributed by atoms with van der Waals surface area (Å²) in [5.74, 6) is 0. The topological polar surface area (TPSA) is 41.5 Å². The number of rotatable bonds is 11. The lowest BCUT2D eigenvalue weighted by Gasteiger charge is -2.27. The van der Waals surface area contributed by atoms with Crippen LogP contribution in [-0.2, 0) is 4.74 Å². The molecule has 3 nitrogen and oxygen atoms in total. The molecule has 1 unspecified atom stereocenters. The van der Waals surface area contributed by atoms with Gasteiger partial charge in [0, 0.05) is 6.61 Å². The van der Waals surface area contributed by atoms with Crippen LogP contribution in [0.25, 0.3) is 0 Å². The molecular weight excluding hydrogens is 202 g/mol. The number of nitrogens with one attached hydrogen (secondary N) is 1. The second-order valence-corrected chi connectivity index (χ2v) is 4.72. The van der Waals surface area contributed by atoms with Crippen LogP contribution in [-0.4, -0.2) is 37.0 Å². The van der Waals surface area contributed by atoms with Crippen LogP contribution in [0.1, 0.15) is 52.9 Å². The second-order valence-electron chi connectivity index (χ2n) is 4.72. The molecule has 0 aromatic carbocycles. The molecule has 2 N–H and O–H groups in total. The van der Waals surface area contributed by atoms with Gasteiger partial charge in [0.05, 0.1) is 18.8 Å². The van der Waals surface area contributed by atoms with Gasteiger partial charge in [-0.25, -0.2) is 0 Å². The molecule has 0 aliphatic rings. The third-order valence-corrected chi connectivity index (χ3v) is 2.77. The summed E-state index contributed by atoms with van der Waals surface area (Å²) in [5, 5.41) is 12.5. The summed E-state index contributed by atoms with van der Waals surface area (Å²) in [4.78, 5) is 0. The van der Waals surface area contributed by atoms with Crippen molar-refractivity contribution in [2.75, 3.05) is 26.4 Å². The lowest BCUT2D eigenvalue weighted by molar-refractivity contribution is 0.0436. The van der Waals surface area contributed by atoms with Crippen LogP contribution < -0.4 is 5.32 Å². The van der Waals surface area contributed by atoms with Crippen molar-refractivity contribution in [3.05, 3.63) is 0 Å². The van der Waals surface area contributed by atoms with Crippen molar-refractivity contribution < 1.29 is 9.84 Å². The van der Waals surface area contributed by atoms with Gasteiger partial charge in [0.25, 0.3) is 0 Å². The zero-order valence-corrected chi connectivity index (χ0v) is 11.2. The van der Waals surface area contributed by atoms with Gasteiger partial charge < -0.3 is 15.2 Å². The number of aliphatic hydroxyl groups is 1. The molecule has 0 spiro atoms. The van der Waals surface area contributed by atoms with Gasteiger partial charge in [-0.3, -0.25) is 0 Å². The fraction of sp³-hybridized carbons (Fsp3) is 1.00. The smallest absolute Gasteiger partial charge is 0.0668 e. The summed E-state index contributed by atoms with van der Waals surface area (Å²) in [5.41, 5.74) is -0.280. The number of likely N-dealkylation sites (N-methyl/N-ethyl adjacent to an activating group) is 1. The Kier molecular flexibility index (Phi) is 9.99. The van der Waals surface area contributed by atoms with Crippen LogP contribution in [0.3, 0.4) is 0 Å². The number of hydrogen-bond donors (Lipinski definition) is 2. The van der Waals surface area contributed by atoms with E-state index in [-0.39, 0.29) is 12.1 Å². The Balaban J connectivity index is 3.41. The van der Waals surface area contributed by atoms with E-state index in [1.54, 1.807) is 0 Å². The Morgan fingerprint density at radius 3 is 2.38 bits per heavy atom. The lowest BCUT2D eigenvalue weighted by Crippen LogP contribution is -2.49. The zero-order chi connectivity index (χ0) is 12.3. The first-order chi connectivity index (χ1) is 7.68. The standard InChI is InChI=1S/C13H29NO2/c1-4-6-7-8-9-10-16-12-13(3,11-15)14-5-2/h14-15H,4-12H2,1-3H3. The van der Waals surface area contributed by atoms with Crippen LogP contribution in [0.2, 0.25) is 0 Å². The minimum absolute atomic E-state index is 0.122. The lowest BCUT2D eigenvalue weighted by atomic mass is 10.1. The molecule has 0 saturated heterocycles. The molecular formula is C13H29NO2. The van der Waals surface area contributed by atoms with E-state index in [0.717, 1.165) is 19.6 Å². The van der Waals surface area contributed by atoms with Crippen molar-refractivity contribution >= 4 is 0 Å². The minimum Gasteiger partial charge on any atom is -0.394 e. The Hall–Kier alpha value is -0.120. The summed E-state index contributed by atoms with van der Waals surface area (Å²) < 4.78 is 5.60. The number of aliphatic hydroxyl groups excluding tert-OH is 1. The average molecular weight is 231 g/mol. The summed E-state index contributed by atoms with van der Waals surface area (Å²) in [6, 6.07) is 0. The highest BCUT2D eigenvalue weighted by Crippen LogP contribution is 2.06. The highest BCUT2D eigenvalue weighted by Gasteiger charge is 2.21. The molecule has 0 saturated carbocycles. The monoisotopic (exact) mass is 231 g/mol. The number of unbranched alkanes of at least 4 members (excludes halogenated alkanes) is 4. The average Bonchev–Trinajstić information content (AvgIpc) is 2.28. The number of hydrogen-bond acceptors (Lipinski definition) is 3. The fourth-order valence-corrected chi connectivity index (χ4v) is 1.68. The Morgan fingerprint density at radius 2 is 1.81 bits per heavy atom. The molecule has 0 aromatic heterocycles. The van der Waals surface area contributed by atoms with Gasteiger partial charge in [-0.2, -0.15) is 0 Å².